The average Bonchev–Trinajstić information content (AvgIpc) is 2.81. The van der Waals surface area contributed by atoms with Gasteiger partial charge in [0.2, 0.25) is 0 Å². The van der Waals surface area contributed by atoms with Crippen LogP contribution in [-0.2, 0) is 24.2 Å². The Morgan fingerprint density at radius 3 is 2.70 bits per heavy atom. The van der Waals surface area contributed by atoms with Gasteiger partial charge in [0.25, 0.3) is 5.91 Å². The summed E-state index contributed by atoms with van der Waals surface area (Å²) in [6, 6.07) is 4.77. The number of halogens is 2. The largest absolute Gasteiger partial charge is 0.456 e. The number of benzene rings is 1. The third-order valence-electron chi connectivity index (χ3n) is 3.37. The highest BCUT2D eigenvalue weighted by atomic mass is 35.5. The Labute approximate surface area is 144 Å². The third kappa shape index (κ3) is 5.37. The summed E-state index contributed by atoms with van der Waals surface area (Å²) < 4.78 is 27.5. The van der Waals surface area contributed by atoms with Crippen LogP contribution in [0.25, 0.3) is 0 Å². The summed E-state index contributed by atoms with van der Waals surface area (Å²) in [6.07, 6.45) is 0.437. The Balaban J connectivity index is 1.78. The molecule has 6 nitrogen and oxygen atoms in total. The quantitative estimate of drug-likeness (QED) is 0.792. The van der Waals surface area contributed by atoms with E-state index in [4.69, 9.17) is 27.9 Å². The summed E-state index contributed by atoms with van der Waals surface area (Å²) in [5.41, 5.74) is 0.321. The van der Waals surface area contributed by atoms with Crippen LogP contribution in [0.2, 0.25) is 10.0 Å². The van der Waals surface area contributed by atoms with Gasteiger partial charge >= 0.3 is 5.97 Å². The molecule has 1 N–H and O–H groups in total. The van der Waals surface area contributed by atoms with Gasteiger partial charge in [-0.3, -0.25) is 9.59 Å². The van der Waals surface area contributed by atoms with Crippen LogP contribution in [0.15, 0.2) is 18.2 Å². The van der Waals surface area contributed by atoms with E-state index in [1.54, 1.807) is 18.2 Å². The highest BCUT2D eigenvalue weighted by Crippen LogP contribution is 2.29. The van der Waals surface area contributed by atoms with Gasteiger partial charge in [0, 0.05) is 6.42 Å². The number of nitrogens with one attached hydrogen (secondary N) is 1. The van der Waals surface area contributed by atoms with Crippen LogP contribution in [-0.4, -0.2) is 38.4 Å². The average molecular weight is 380 g/mol. The molecule has 1 heterocycles. The van der Waals surface area contributed by atoms with E-state index in [1.165, 1.54) is 0 Å². The predicted molar refractivity (Wildman–Crippen MR) is 87.4 cm³/mol. The Bertz CT molecular complexity index is 720. The van der Waals surface area contributed by atoms with E-state index in [9.17, 15) is 18.0 Å². The third-order valence-corrected chi connectivity index (χ3v) is 6.03. The molecule has 1 fully saturated rings. The van der Waals surface area contributed by atoms with Crippen molar-refractivity contribution in [1.82, 2.24) is 0 Å². The van der Waals surface area contributed by atoms with Crippen molar-refractivity contribution in [3.8, 4) is 0 Å². The van der Waals surface area contributed by atoms with E-state index in [2.05, 4.69) is 5.32 Å². The van der Waals surface area contributed by atoms with Gasteiger partial charge in [0.05, 0.1) is 27.2 Å². The number of esters is 1. The lowest BCUT2D eigenvalue weighted by Gasteiger charge is -2.10. The molecule has 0 unspecified atom stereocenters. The molecular weight excluding hydrogens is 365 g/mol. The van der Waals surface area contributed by atoms with Crippen molar-refractivity contribution < 1.29 is 22.7 Å². The summed E-state index contributed by atoms with van der Waals surface area (Å²) in [4.78, 5) is 23.4. The molecule has 0 radical (unpaired) electrons. The van der Waals surface area contributed by atoms with Crippen LogP contribution >= 0.6 is 23.2 Å². The van der Waals surface area contributed by atoms with E-state index in [1.807, 2.05) is 0 Å². The van der Waals surface area contributed by atoms with Gasteiger partial charge in [0.1, 0.15) is 0 Å². The summed E-state index contributed by atoms with van der Waals surface area (Å²) in [5, 5.41) is 2.98. The van der Waals surface area contributed by atoms with Crippen molar-refractivity contribution in [1.29, 1.82) is 0 Å². The van der Waals surface area contributed by atoms with Crippen molar-refractivity contribution in [2.24, 2.45) is 5.92 Å². The second-order valence-electron chi connectivity index (χ2n) is 5.28. The summed E-state index contributed by atoms with van der Waals surface area (Å²) in [5.74, 6) is -1.30. The van der Waals surface area contributed by atoms with Crippen LogP contribution in [0.3, 0.4) is 0 Å². The second-order valence-corrected chi connectivity index (χ2v) is 8.30. The molecule has 0 aliphatic carbocycles. The highest BCUT2D eigenvalue weighted by Gasteiger charge is 2.30. The number of carbonyl (C=O) groups excluding carboxylic acids is 2. The zero-order valence-corrected chi connectivity index (χ0v) is 14.4. The van der Waals surface area contributed by atoms with E-state index in [-0.39, 0.29) is 28.9 Å². The number of hydrogen-bond donors (Lipinski definition) is 1. The lowest BCUT2D eigenvalue weighted by molar-refractivity contribution is -0.148. The first-order valence-corrected chi connectivity index (χ1v) is 9.44. The minimum atomic E-state index is -3.04. The lowest BCUT2D eigenvalue weighted by atomic mass is 10.1. The topological polar surface area (TPSA) is 89.5 Å². The van der Waals surface area contributed by atoms with Gasteiger partial charge in [-0.2, -0.15) is 0 Å². The minimum absolute atomic E-state index is 0.00752. The molecule has 1 saturated heterocycles. The molecule has 126 valence electrons. The summed E-state index contributed by atoms with van der Waals surface area (Å²) in [7, 11) is -3.04. The highest BCUT2D eigenvalue weighted by molar-refractivity contribution is 7.91. The van der Waals surface area contributed by atoms with Crippen LogP contribution in [0.5, 0.6) is 0 Å². The van der Waals surface area contributed by atoms with Crippen molar-refractivity contribution >= 4 is 50.6 Å². The van der Waals surface area contributed by atoms with Crippen LogP contribution in [0, 0.1) is 5.92 Å². The number of anilines is 1. The molecule has 1 amide bonds. The fourth-order valence-electron chi connectivity index (χ4n) is 2.26. The number of amides is 1. The Morgan fingerprint density at radius 2 is 2.04 bits per heavy atom. The number of sulfone groups is 1. The smallest absolute Gasteiger partial charge is 0.306 e. The number of rotatable bonds is 5. The lowest BCUT2D eigenvalue weighted by Crippen LogP contribution is -2.22. The second kappa shape index (κ2) is 7.51. The molecule has 9 heteroatoms. The van der Waals surface area contributed by atoms with E-state index < -0.39 is 28.3 Å². The summed E-state index contributed by atoms with van der Waals surface area (Å²) in [6.45, 7) is -0.471. The molecule has 1 aliphatic rings. The molecule has 23 heavy (non-hydrogen) atoms. The normalized spacial score (nSPS) is 19.3. The zero-order valence-electron chi connectivity index (χ0n) is 12.1. The summed E-state index contributed by atoms with van der Waals surface area (Å²) >= 11 is 11.8. The van der Waals surface area contributed by atoms with E-state index in [0.29, 0.717) is 17.1 Å². The maximum atomic E-state index is 11.7. The first-order chi connectivity index (χ1) is 10.8. The molecular formula is C14H15Cl2NO5S. The van der Waals surface area contributed by atoms with E-state index in [0.717, 1.165) is 0 Å². The minimum Gasteiger partial charge on any atom is -0.456 e. The van der Waals surface area contributed by atoms with Gasteiger partial charge in [-0.15, -0.1) is 0 Å². The van der Waals surface area contributed by atoms with E-state index >= 15 is 0 Å². The predicted octanol–water partition coefficient (Wildman–Crippen LogP) is 2.30. The first-order valence-electron chi connectivity index (χ1n) is 6.87. The van der Waals surface area contributed by atoms with Crippen molar-refractivity contribution in [2.45, 2.75) is 12.8 Å². The van der Waals surface area contributed by atoms with Crippen LogP contribution in [0.1, 0.15) is 12.8 Å². The molecule has 1 atom stereocenters. The zero-order chi connectivity index (χ0) is 17.0. The van der Waals surface area contributed by atoms with Gasteiger partial charge in [0.15, 0.2) is 16.4 Å². The molecule has 0 aromatic heterocycles. The standard InChI is InChI=1S/C14H15Cl2NO5S/c15-10-2-1-3-11(14(10)16)17-12(18)7-22-13(19)6-9-4-5-23(20,21)8-9/h1-3,9H,4-8H2,(H,17,18)/t9-/m0/s1. The molecule has 0 saturated carbocycles. The van der Waals surface area contributed by atoms with Crippen molar-refractivity contribution in [3.63, 3.8) is 0 Å². The Morgan fingerprint density at radius 1 is 1.30 bits per heavy atom. The van der Waals surface area contributed by atoms with Crippen molar-refractivity contribution in [2.75, 3.05) is 23.4 Å². The van der Waals surface area contributed by atoms with Gasteiger partial charge in [-0.25, -0.2) is 8.42 Å². The molecule has 1 aromatic carbocycles. The number of carbonyl (C=O) groups is 2. The monoisotopic (exact) mass is 379 g/mol. The maximum absolute atomic E-state index is 11.7. The van der Waals surface area contributed by atoms with Gasteiger partial charge < -0.3 is 10.1 Å². The maximum Gasteiger partial charge on any atom is 0.306 e. The van der Waals surface area contributed by atoms with Crippen LogP contribution < -0.4 is 5.32 Å². The van der Waals surface area contributed by atoms with Gasteiger partial charge in [-0.1, -0.05) is 29.3 Å². The molecule has 0 spiro atoms. The molecule has 1 aliphatic heterocycles. The fourth-order valence-corrected chi connectivity index (χ4v) is 4.47. The van der Waals surface area contributed by atoms with Gasteiger partial charge in [-0.05, 0) is 24.5 Å². The number of ether oxygens (including phenoxy) is 1. The van der Waals surface area contributed by atoms with Crippen molar-refractivity contribution in [3.05, 3.63) is 28.2 Å². The SMILES string of the molecule is O=C(COC(=O)C[C@@H]1CCS(=O)(=O)C1)Nc1cccc(Cl)c1Cl. The molecule has 0 bridgehead atoms. The fraction of sp³-hybridized carbons (Fsp3) is 0.429. The van der Waals surface area contributed by atoms with Crippen LogP contribution in [0.4, 0.5) is 5.69 Å². The first kappa shape index (κ1) is 18.0. The number of hydrogen-bond acceptors (Lipinski definition) is 5. The Hall–Kier alpha value is -1.31. The molecule has 2 rings (SSSR count). The molecule has 1 aromatic rings. The Kier molecular flexibility index (Phi) is 5.89.